The minimum atomic E-state index is -3.88. The number of primary sulfonamides is 1. The van der Waals surface area contributed by atoms with Gasteiger partial charge >= 0.3 is 0 Å². The van der Waals surface area contributed by atoms with Crippen LogP contribution in [0.15, 0.2) is 23.1 Å². The first-order chi connectivity index (χ1) is 9.85. The molecule has 116 valence electrons. The van der Waals surface area contributed by atoms with Crippen LogP contribution in [0.3, 0.4) is 0 Å². The van der Waals surface area contributed by atoms with Gasteiger partial charge in [0.05, 0.1) is 13.5 Å². The highest BCUT2D eigenvalue weighted by molar-refractivity contribution is 7.89. The highest BCUT2D eigenvalue weighted by atomic mass is 32.2. The smallest absolute Gasteiger partial charge is 0.241 e. The van der Waals surface area contributed by atoms with Gasteiger partial charge in [0.15, 0.2) is 0 Å². The number of amides is 1. The number of hydrogen-bond donors (Lipinski definition) is 2. The average molecular weight is 312 g/mol. The summed E-state index contributed by atoms with van der Waals surface area (Å²) in [5.74, 6) is 0.640. The van der Waals surface area contributed by atoms with Crippen molar-refractivity contribution < 1.29 is 17.9 Å². The zero-order valence-electron chi connectivity index (χ0n) is 12.1. The number of ether oxygens (including phenoxy) is 1. The molecule has 3 N–H and O–H groups in total. The van der Waals surface area contributed by atoms with Gasteiger partial charge in [-0.05, 0) is 30.0 Å². The monoisotopic (exact) mass is 312 g/mol. The molecular formula is C14H20N2O4S. The van der Waals surface area contributed by atoms with E-state index in [1.165, 1.54) is 19.2 Å². The molecule has 7 heteroatoms. The number of methoxy groups -OCH3 is 1. The van der Waals surface area contributed by atoms with Crippen LogP contribution in [0.2, 0.25) is 0 Å². The molecule has 2 atom stereocenters. The SMILES string of the molecule is CCC1CC1NC(=O)Cc1ccc(OC)c(S(N)(=O)=O)c1. The molecule has 1 saturated carbocycles. The summed E-state index contributed by atoms with van der Waals surface area (Å²) in [6.45, 7) is 2.10. The topological polar surface area (TPSA) is 98.5 Å². The highest BCUT2D eigenvalue weighted by Crippen LogP contribution is 2.33. The second-order valence-electron chi connectivity index (χ2n) is 5.29. The van der Waals surface area contributed by atoms with Crippen LogP contribution in [-0.4, -0.2) is 27.5 Å². The van der Waals surface area contributed by atoms with Crippen molar-refractivity contribution in [2.24, 2.45) is 11.1 Å². The summed E-state index contributed by atoms with van der Waals surface area (Å²) in [4.78, 5) is 11.8. The molecule has 1 aromatic carbocycles. The number of nitrogens with two attached hydrogens (primary N) is 1. The van der Waals surface area contributed by atoms with Gasteiger partial charge in [0.1, 0.15) is 10.6 Å². The summed E-state index contributed by atoms with van der Waals surface area (Å²) in [6.07, 6.45) is 2.20. The number of benzene rings is 1. The van der Waals surface area contributed by atoms with Crippen molar-refractivity contribution in [2.75, 3.05) is 7.11 Å². The van der Waals surface area contributed by atoms with Gasteiger partial charge in [-0.3, -0.25) is 4.79 Å². The standard InChI is InChI=1S/C14H20N2O4S/c1-3-10-8-11(10)16-14(17)7-9-4-5-12(20-2)13(6-9)21(15,18)19/h4-6,10-11H,3,7-8H2,1-2H3,(H,16,17)(H2,15,18,19). The Morgan fingerprint density at radius 2 is 2.19 bits per heavy atom. The van der Waals surface area contributed by atoms with Gasteiger partial charge in [-0.1, -0.05) is 19.4 Å². The fraction of sp³-hybridized carbons (Fsp3) is 0.500. The molecule has 2 rings (SSSR count). The third-order valence-corrected chi connectivity index (χ3v) is 4.62. The Kier molecular flexibility index (Phi) is 4.53. The minimum Gasteiger partial charge on any atom is -0.495 e. The first kappa shape index (κ1) is 15.8. The van der Waals surface area contributed by atoms with Crippen molar-refractivity contribution in [2.45, 2.75) is 37.1 Å². The van der Waals surface area contributed by atoms with Crippen LogP contribution in [0.5, 0.6) is 5.75 Å². The lowest BCUT2D eigenvalue weighted by Gasteiger charge is -2.09. The lowest BCUT2D eigenvalue weighted by Crippen LogP contribution is -2.28. The fourth-order valence-electron chi connectivity index (χ4n) is 2.37. The number of carbonyl (C=O) groups is 1. The van der Waals surface area contributed by atoms with Crippen molar-refractivity contribution in [1.82, 2.24) is 5.32 Å². The Balaban J connectivity index is 2.09. The molecule has 0 heterocycles. The average Bonchev–Trinajstić information content (AvgIpc) is 3.15. The van der Waals surface area contributed by atoms with Crippen molar-refractivity contribution in [3.63, 3.8) is 0 Å². The van der Waals surface area contributed by atoms with Crippen LogP contribution in [0, 0.1) is 5.92 Å². The normalized spacial score (nSPS) is 20.9. The van der Waals surface area contributed by atoms with Crippen molar-refractivity contribution >= 4 is 15.9 Å². The second kappa shape index (κ2) is 6.03. The van der Waals surface area contributed by atoms with Crippen LogP contribution < -0.4 is 15.2 Å². The van der Waals surface area contributed by atoms with Gasteiger partial charge < -0.3 is 10.1 Å². The molecule has 6 nitrogen and oxygen atoms in total. The van der Waals surface area contributed by atoms with E-state index in [9.17, 15) is 13.2 Å². The Labute approximate surface area is 124 Å². The predicted octanol–water partition coefficient (Wildman–Crippen LogP) is 0.800. The van der Waals surface area contributed by atoms with E-state index in [0.29, 0.717) is 11.5 Å². The number of nitrogens with one attached hydrogen (secondary N) is 1. The maximum absolute atomic E-state index is 11.9. The maximum Gasteiger partial charge on any atom is 0.241 e. The molecule has 0 spiro atoms. The molecule has 2 unspecified atom stereocenters. The van der Waals surface area contributed by atoms with E-state index >= 15 is 0 Å². The molecule has 0 radical (unpaired) electrons. The van der Waals surface area contributed by atoms with Crippen molar-refractivity contribution in [3.05, 3.63) is 23.8 Å². The van der Waals surface area contributed by atoms with Crippen molar-refractivity contribution in [3.8, 4) is 5.75 Å². The molecule has 1 aromatic rings. The van der Waals surface area contributed by atoms with Gasteiger partial charge in [-0.2, -0.15) is 0 Å². The first-order valence-corrected chi connectivity index (χ1v) is 8.38. The van der Waals surface area contributed by atoms with E-state index in [1.54, 1.807) is 6.07 Å². The third kappa shape index (κ3) is 3.95. The maximum atomic E-state index is 11.9. The number of carbonyl (C=O) groups excluding carboxylic acids is 1. The zero-order chi connectivity index (χ0) is 15.6. The summed E-state index contributed by atoms with van der Waals surface area (Å²) in [5.41, 5.74) is 0.589. The Morgan fingerprint density at radius 3 is 2.71 bits per heavy atom. The molecular weight excluding hydrogens is 292 g/mol. The number of hydrogen-bond acceptors (Lipinski definition) is 4. The van der Waals surface area contributed by atoms with E-state index in [2.05, 4.69) is 12.2 Å². The lowest BCUT2D eigenvalue weighted by atomic mass is 10.1. The predicted molar refractivity (Wildman–Crippen MR) is 78.4 cm³/mol. The highest BCUT2D eigenvalue weighted by Gasteiger charge is 2.36. The van der Waals surface area contributed by atoms with Crippen LogP contribution in [0.4, 0.5) is 0 Å². The van der Waals surface area contributed by atoms with E-state index in [0.717, 1.165) is 12.8 Å². The van der Waals surface area contributed by atoms with E-state index < -0.39 is 10.0 Å². The summed E-state index contributed by atoms with van der Waals surface area (Å²) >= 11 is 0. The number of sulfonamides is 1. The quantitative estimate of drug-likeness (QED) is 0.811. The van der Waals surface area contributed by atoms with E-state index in [-0.39, 0.29) is 29.0 Å². The Bertz CT molecular complexity index is 642. The van der Waals surface area contributed by atoms with Gasteiger partial charge in [0.2, 0.25) is 15.9 Å². The fourth-order valence-corrected chi connectivity index (χ4v) is 3.12. The molecule has 21 heavy (non-hydrogen) atoms. The second-order valence-corrected chi connectivity index (χ2v) is 6.81. The van der Waals surface area contributed by atoms with Crippen LogP contribution in [0.1, 0.15) is 25.3 Å². The van der Waals surface area contributed by atoms with Gasteiger partial charge in [-0.15, -0.1) is 0 Å². The summed E-state index contributed by atoms with van der Waals surface area (Å²) in [6, 6.07) is 4.82. The van der Waals surface area contributed by atoms with Gasteiger partial charge in [-0.25, -0.2) is 13.6 Å². The van der Waals surface area contributed by atoms with Crippen molar-refractivity contribution in [1.29, 1.82) is 0 Å². The summed E-state index contributed by atoms with van der Waals surface area (Å²) in [7, 11) is -2.51. The zero-order valence-corrected chi connectivity index (χ0v) is 12.9. The lowest BCUT2D eigenvalue weighted by molar-refractivity contribution is -0.120. The first-order valence-electron chi connectivity index (χ1n) is 6.84. The molecule has 1 fully saturated rings. The largest absolute Gasteiger partial charge is 0.495 e. The molecule has 1 aliphatic carbocycles. The van der Waals surface area contributed by atoms with Gasteiger partial charge in [0, 0.05) is 6.04 Å². The molecule has 1 amide bonds. The minimum absolute atomic E-state index is 0.104. The summed E-state index contributed by atoms with van der Waals surface area (Å²) in [5, 5.41) is 8.09. The molecule has 0 bridgehead atoms. The van der Waals surface area contributed by atoms with Crippen LogP contribution >= 0.6 is 0 Å². The molecule has 0 aromatic heterocycles. The van der Waals surface area contributed by atoms with E-state index in [4.69, 9.17) is 9.88 Å². The van der Waals surface area contributed by atoms with Crippen LogP contribution in [0.25, 0.3) is 0 Å². The Morgan fingerprint density at radius 1 is 1.48 bits per heavy atom. The summed E-state index contributed by atoms with van der Waals surface area (Å²) < 4.78 is 28.0. The third-order valence-electron chi connectivity index (χ3n) is 3.69. The van der Waals surface area contributed by atoms with E-state index in [1.807, 2.05) is 0 Å². The van der Waals surface area contributed by atoms with Crippen LogP contribution in [-0.2, 0) is 21.2 Å². The Hall–Kier alpha value is -1.60. The number of rotatable bonds is 6. The molecule has 1 aliphatic rings. The van der Waals surface area contributed by atoms with Gasteiger partial charge in [0.25, 0.3) is 0 Å². The molecule has 0 saturated heterocycles. The molecule has 0 aliphatic heterocycles.